The second-order valence-electron chi connectivity index (χ2n) is 13.8. The number of hydrogen-bond donors (Lipinski definition) is 3. The van der Waals surface area contributed by atoms with Crippen molar-refractivity contribution in [1.82, 2.24) is 0 Å². The van der Waals surface area contributed by atoms with Gasteiger partial charge < -0.3 is 24.8 Å². The van der Waals surface area contributed by atoms with Crippen LogP contribution in [0.1, 0.15) is 72.6 Å². The lowest BCUT2D eigenvalue weighted by Crippen LogP contribution is -2.66. The summed E-state index contributed by atoms with van der Waals surface area (Å²) < 4.78 is 11.8. The largest absolute Gasteiger partial charge is 0.460 e. The van der Waals surface area contributed by atoms with E-state index in [4.69, 9.17) is 9.47 Å². The quantitative estimate of drug-likeness (QED) is 0.385. The molecule has 7 rings (SSSR count). The van der Waals surface area contributed by atoms with E-state index in [1.807, 2.05) is 13.8 Å². The molecule has 7 nitrogen and oxygen atoms in total. The Labute approximate surface area is 206 Å². The third-order valence-electron chi connectivity index (χ3n) is 13.1. The molecule has 7 heteroatoms. The van der Waals surface area contributed by atoms with E-state index in [-0.39, 0.29) is 41.7 Å². The molecule has 3 N–H and O–H groups in total. The summed E-state index contributed by atoms with van der Waals surface area (Å²) in [7, 11) is 0. The van der Waals surface area contributed by atoms with Crippen molar-refractivity contribution in [3.05, 3.63) is 12.2 Å². The van der Waals surface area contributed by atoms with E-state index in [0.717, 1.165) is 25.7 Å². The maximum absolute atomic E-state index is 13.4. The van der Waals surface area contributed by atoms with Crippen LogP contribution in [0.5, 0.6) is 0 Å². The topological polar surface area (TPSA) is 117 Å². The molecular weight excluding hydrogens is 448 g/mol. The molecule has 6 fully saturated rings. The number of ether oxygens (including phenoxy) is 2. The van der Waals surface area contributed by atoms with Gasteiger partial charge in [0.15, 0.2) is 11.4 Å². The standard InChI is InChI=1S/C28H38O7/c1-23-9-7-17-15(12-21-28(35-21)20(30)6-5-19(29)25(17,28)3)16(23)8-10-27(23,33)18-11-14-13-24(18,2)26(4,32)22(31)34-14/h5-6,14-18,20-21,30,32-33H,7-13H2,1-4H3/t14?,15-,16?,17?,18?,20-,21+,23-,24?,25-,26?,27+,28+/m0/s1. The van der Waals surface area contributed by atoms with Crippen LogP contribution in [-0.2, 0) is 19.1 Å². The highest BCUT2D eigenvalue weighted by molar-refractivity contribution is 5.98. The van der Waals surface area contributed by atoms with Crippen LogP contribution in [-0.4, -0.2) is 62.2 Å². The van der Waals surface area contributed by atoms with E-state index in [2.05, 4.69) is 6.92 Å². The van der Waals surface area contributed by atoms with Crippen LogP contribution in [0.2, 0.25) is 0 Å². The fourth-order valence-electron chi connectivity index (χ4n) is 10.9. The van der Waals surface area contributed by atoms with Crippen LogP contribution >= 0.6 is 0 Å². The summed E-state index contributed by atoms with van der Waals surface area (Å²) in [5.41, 5.74) is -5.36. The first-order valence-corrected chi connectivity index (χ1v) is 13.5. The molecule has 4 saturated carbocycles. The van der Waals surface area contributed by atoms with E-state index in [1.54, 1.807) is 19.1 Å². The van der Waals surface area contributed by atoms with Crippen LogP contribution in [0.3, 0.4) is 0 Å². The highest BCUT2D eigenvalue weighted by atomic mass is 16.6. The number of hydrogen-bond acceptors (Lipinski definition) is 7. The lowest BCUT2D eigenvalue weighted by atomic mass is 9.43. The molecule has 2 saturated heterocycles. The van der Waals surface area contributed by atoms with Crippen molar-refractivity contribution in [2.75, 3.05) is 0 Å². The zero-order chi connectivity index (χ0) is 25.0. The van der Waals surface area contributed by atoms with Gasteiger partial charge in [0.25, 0.3) is 0 Å². The molecule has 0 radical (unpaired) electrons. The highest BCUT2D eigenvalue weighted by Crippen LogP contribution is 2.75. The number of carbonyl (C=O) groups is 2. The summed E-state index contributed by atoms with van der Waals surface area (Å²) in [5, 5.41) is 34.8. The molecule has 2 bridgehead atoms. The van der Waals surface area contributed by atoms with Gasteiger partial charge >= 0.3 is 5.97 Å². The number of aliphatic hydroxyl groups is 3. The van der Waals surface area contributed by atoms with Gasteiger partial charge in [0.2, 0.25) is 0 Å². The van der Waals surface area contributed by atoms with Crippen molar-refractivity contribution in [3.63, 3.8) is 0 Å². The third-order valence-corrected chi connectivity index (χ3v) is 13.1. The lowest BCUT2D eigenvalue weighted by Gasteiger charge is -2.60. The predicted molar refractivity (Wildman–Crippen MR) is 124 cm³/mol. The molecule has 0 aromatic heterocycles. The van der Waals surface area contributed by atoms with Gasteiger partial charge in [0.05, 0.1) is 17.1 Å². The van der Waals surface area contributed by atoms with Crippen LogP contribution in [0.15, 0.2) is 12.2 Å². The average molecular weight is 487 g/mol. The monoisotopic (exact) mass is 486 g/mol. The number of rotatable bonds is 1. The van der Waals surface area contributed by atoms with Gasteiger partial charge in [-0.3, -0.25) is 4.79 Å². The SMILES string of the molecule is CC1(O)C(=O)OC2CC([C@]3(O)CCC4[C@@H]5C[C@H]6O[C@]67[C@@H](O)C=CC(=O)[C@]7(C)C5CC[C@@]43C)C1(C)C2. The summed E-state index contributed by atoms with van der Waals surface area (Å²) >= 11 is 0. The van der Waals surface area contributed by atoms with E-state index in [9.17, 15) is 24.9 Å². The highest BCUT2D eigenvalue weighted by Gasteiger charge is 2.81. The van der Waals surface area contributed by atoms with Crippen molar-refractivity contribution in [1.29, 1.82) is 0 Å². The smallest absolute Gasteiger partial charge is 0.338 e. The van der Waals surface area contributed by atoms with Crippen molar-refractivity contribution >= 4 is 11.8 Å². The van der Waals surface area contributed by atoms with Crippen molar-refractivity contribution < 1.29 is 34.4 Å². The Hall–Kier alpha value is -1.28. The second kappa shape index (κ2) is 6.23. The fraction of sp³-hybridized carbons (Fsp3) is 0.857. The molecule has 5 aliphatic carbocycles. The minimum atomic E-state index is -1.64. The zero-order valence-corrected chi connectivity index (χ0v) is 21.1. The summed E-state index contributed by atoms with van der Waals surface area (Å²) in [6.07, 6.45) is 6.98. The van der Waals surface area contributed by atoms with E-state index < -0.39 is 45.1 Å². The molecule has 13 atom stereocenters. The Morgan fingerprint density at radius 1 is 0.971 bits per heavy atom. The van der Waals surface area contributed by atoms with Crippen LogP contribution in [0.4, 0.5) is 0 Å². The second-order valence-corrected chi connectivity index (χ2v) is 13.8. The summed E-state index contributed by atoms with van der Waals surface area (Å²) in [6, 6.07) is 0. The van der Waals surface area contributed by atoms with Crippen molar-refractivity contribution in [2.45, 2.75) is 108 Å². The van der Waals surface area contributed by atoms with Crippen molar-refractivity contribution in [2.24, 2.45) is 39.9 Å². The number of allylic oxidation sites excluding steroid dienone is 1. The molecule has 0 amide bonds. The van der Waals surface area contributed by atoms with Gasteiger partial charge in [0.1, 0.15) is 17.8 Å². The van der Waals surface area contributed by atoms with Gasteiger partial charge in [-0.05, 0) is 94.1 Å². The van der Waals surface area contributed by atoms with Gasteiger partial charge in [-0.1, -0.05) is 13.8 Å². The van der Waals surface area contributed by atoms with E-state index >= 15 is 0 Å². The molecular formula is C28H38O7. The number of carbonyl (C=O) groups excluding carboxylic acids is 2. The van der Waals surface area contributed by atoms with E-state index in [1.165, 1.54) is 0 Å². The lowest BCUT2D eigenvalue weighted by molar-refractivity contribution is -0.217. The van der Waals surface area contributed by atoms with Gasteiger partial charge in [0, 0.05) is 11.3 Å². The first-order chi connectivity index (χ1) is 16.3. The third kappa shape index (κ3) is 2.19. The van der Waals surface area contributed by atoms with Crippen molar-refractivity contribution in [3.8, 4) is 0 Å². The Balaban J connectivity index is 1.27. The molecule has 0 aromatic carbocycles. The number of ketones is 1. The first-order valence-electron chi connectivity index (χ1n) is 13.5. The molecule has 7 aliphatic rings. The van der Waals surface area contributed by atoms with Crippen LogP contribution in [0.25, 0.3) is 0 Å². The Kier molecular flexibility index (Phi) is 4.07. The normalized spacial score (nSPS) is 64.1. The van der Waals surface area contributed by atoms with E-state index in [0.29, 0.717) is 19.3 Å². The summed E-state index contributed by atoms with van der Waals surface area (Å²) in [4.78, 5) is 26.0. The average Bonchev–Trinajstić information content (AvgIpc) is 3.35. The van der Waals surface area contributed by atoms with Crippen LogP contribution < -0.4 is 0 Å². The molecule has 1 spiro atoms. The first kappa shape index (κ1) is 22.9. The Morgan fingerprint density at radius 3 is 2.43 bits per heavy atom. The number of aliphatic hydroxyl groups excluding tert-OH is 1. The minimum absolute atomic E-state index is 0.0562. The number of esters is 1. The predicted octanol–water partition coefficient (Wildman–Crippen LogP) is 2.30. The summed E-state index contributed by atoms with van der Waals surface area (Å²) in [5.74, 6) is -0.226. The van der Waals surface area contributed by atoms with Gasteiger partial charge in [-0.15, -0.1) is 0 Å². The molecule has 0 aromatic rings. The number of epoxide rings is 1. The molecule has 2 aliphatic heterocycles. The maximum atomic E-state index is 13.4. The summed E-state index contributed by atoms with van der Waals surface area (Å²) in [6.45, 7) is 7.72. The molecule has 6 unspecified atom stereocenters. The molecule has 2 heterocycles. The zero-order valence-electron chi connectivity index (χ0n) is 21.1. The maximum Gasteiger partial charge on any atom is 0.338 e. The number of fused-ring (bicyclic) bond motifs is 6. The van der Waals surface area contributed by atoms with Crippen LogP contribution in [0, 0.1) is 39.9 Å². The fourth-order valence-corrected chi connectivity index (χ4v) is 10.9. The Bertz CT molecular complexity index is 1070. The molecule has 192 valence electrons. The Morgan fingerprint density at radius 2 is 1.69 bits per heavy atom. The molecule has 35 heavy (non-hydrogen) atoms. The van der Waals surface area contributed by atoms with Gasteiger partial charge in [-0.2, -0.15) is 0 Å². The minimum Gasteiger partial charge on any atom is -0.460 e. The van der Waals surface area contributed by atoms with Gasteiger partial charge in [-0.25, -0.2) is 4.79 Å².